The maximum atomic E-state index is 13.7. The van der Waals surface area contributed by atoms with E-state index in [0.717, 1.165) is 44.9 Å². The molecule has 4 bridgehead atoms. The molecule has 282 valence electrons. The lowest BCUT2D eigenvalue weighted by molar-refractivity contribution is -0.573. The molecule has 0 unspecified atom stereocenters. The Hall–Kier alpha value is -1.54. The third-order valence-electron chi connectivity index (χ3n) is 14.6. The molecular weight excluding hydrogens is 680 g/mol. The topological polar surface area (TPSA) is 109 Å². The Morgan fingerprint density at radius 2 is 1.29 bits per heavy atom. The van der Waals surface area contributed by atoms with Crippen LogP contribution in [0.4, 0.5) is 4.79 Å². The van der Waals surface area contributed by atoms with Gasteiger partial charge in [0, 0.05) is 36.1 Å². The molecule has 10 aliphatic rings. The molecule has 8 heterocycles. The average Bonchev–Trinajstić information content (AvgIpc) is 3.47. The first-order chi connectivity index (χ1) is 24.3. The first-order valence-electron chi connectivity index (χ1n) is 19.4. The fraction of sp³-hybridized carbons (Fsp3) is 0.821. The van der Waals surface area contributed by atoms with Crippen LogP contribution in [0.15, 0.2) is 24.3 Å². The zero-order valence-electron chi connectivity index (χ0n) is 30.5. The van der Waals surface area contributed by atoms with Crippen molar-refractivity contribution < 1.29 is 52.8 Å². The third kappa shape index (κ3) is 5.46. The number of carbonyl (C=O) groups is 1. The summed E-state index contributed by atoms with van der Waals surface area (Å²) >= 11 is 6.10. The van der Waals surface area contributed by atoms with Crippen LogP contribution in [0.2, 0.25) is 5.02 Å². The minimum absolute atomic E-state index is 0.0511. The van der Waals surface area contributed by atoms with Gasteiger partial charge < -0.3 is 28.4 Å². The molecule has 2 spiro atoms. The fourth-order valence-electron chi connectivity index (χ4n) is 11.8. The Labute approximate surface area is 305 Å². The molecule has 2 saturated carbocycles. The summed E-state index contributed by atoms with van der Waals surface area (Å²) in [4.78, 5) is 38.6. The van der Waals surface area contributed by atoms with Crippen LogP contribution < -0.4 is 4.74 Å². The second-order valence-electron chi connectivity index (χ2n) is 17.5. The van der Waals surface area contributed by atoms with Gasteiger partial charge in [0.25, 0.3) is 0 Å². The second-order valence-corrected chi connectivity index (χ2v) is 17.9. The van der Waals surface area contributed by atoms with Gasteiger partial charge in [-0.25, -0.2) is 24.3 Å². The first-order valence-corrected chi connectivity index (χ1v) is 19.8. The van der Waals surface area contributed by atoms with Gasteiger partial charge >= 0.3 is 6.16 Å². The van der Waals surface area contributed by atoms with E-state index in [-0.39, 0.29) is 41.6 Å². The van der Waals surface area contributed by atoms with E-state index >= 15 is 0 Å². The molecule has 12 heteroatoms. The summed E-state index contributed by atoms with van der Waals surface area (Å²) in [5, 5.41) is 0.544. The van der Waals surface area contributed by atoms with Crippen molar-refractivity contribution in [2.75, 3.05) is 0 Å². The average molecular weight is 733 g/mol. The lowest BCUT2D eigenvalue weighted by Gasteiger charge is -2.62. The zero-order valence-corrected chi connectivity index (χ0v) is 31.3. The van der Waals surface area contributed by atoms with Crippen LogP contribution in [0.5, 0.6) is 5.75 Å². The van der Waals surface area contributed by atoms with E-state index in [2.05, 4.69) is 27.7 Å². The van der Waals surface area contributed by atoms with Crippen molar-refractivity contribution in [3.63, 3.8) is 0 Å². The van der Waals surface area contributed by atoms with E-state index in [0.29, 0.717) is 35.4 Å². The molecule has 10 fully saturated rings. The Bertz CT molecular complexity index is 1500. The highest BCUT2D eigenvalue weighted by Crippen LogP contribution is 2.63. The van der Waals surface area contributed by atoms with Gasteiger partial charge in [-0.2, -0.15) is 0 Å². The summed E-state index contributed by atoms with van der Waals surface area (Å²) in [7, 11) is 0. The lowest BCUT2D eigenvalue weighted by atomic mass is 9.56. The van der Waals surface area contributed by atoms with Crippen LogP contribution in [0.3, 0.4) is 0 Å². The van der Waals surface area contributed by atoms with Crippen LogP contribution in [-0.4, -0.2) is 59.8 Å². The van der Waals surface area contributed by atoms with Gasteiger partial charge in [0.15, 0.2) is 23.8 Å². The number of benzene rings is 1. The highest BCUT2D eigenvalue weighted by atomic mass is 35.5. The summed E-state index contributed by atoms with van der Waals surface area (Å²) in [5.41, 5.74) is -1.44. The van der Waals surface area contributed by atoms with Crippen LogP contribution in [-0.2, 0) is 43.2 Å². The number of ether oxygens (including phenoxy) is 6. The Balaban J connectivity index is 1.04. The van der Waals surface area contributed by atoms with E-state index < -0.39 is 53.7 Å². The van der Waals surface area contributed by atoms with Gasteiger partial charge in [-0.3, -0.25) is 0 Å². The predicted octanol–water partition coefficient (Wildman–Crippen LogP) is 8.12. The monoisotopic (exact) mass is 732 g/mol. The SMILES string of the molecule is C[C@H]1[C@@H]([C@H](C[C@H]2O[C@@H]3O[C@]4(C)CC[C@H]5[C@H](C)CC[C@@H]([C@H]2C)[C@@]35OO4)OC(=O)Oc2ccc(Cl)cc2)O[C@@H]2O[C@]3(C)CC[C@H]4[C@H](C)CC[C@@H]1[C@@]24OO3. The number of carbonyl (C=O) groups excluding carboxylic acids is 1. The summed E-state index contributed by atoms with van der Waals surface area (Å²) in [5.74, 6) is 0.0530. The minimum atomic E-state index is -0.926. The van der Waals surface area contributed by atoms with Gasteiger partial charge in [-0.1, -0.05) is 39.3 Å². The molecule has 17 atom stereocenters. The fourth-order valence-corrected chi connectivity index (χ4v) is 12.0. The molecule has 51 heavy (non-hydrogen) atoms. The van der Waals surface area contributed by atoms with Crippen molar-refractivity contribution in [2.24, 2.45) is 47.3 Å². The summed E-state index contributed by atoms with van der Waals surface area (Å²) in [6, 6.07) is 6.64. The van der Waals surface area contributed by atoms with Gasteiger partial charge in [0.2, 0.25) is 11.6 Å². The number of fused-ring (bicyclic) bond motifs is 4. The smallest absolute Gasteiger partial charge is 0.428 e. The number of rotatable bonds is 5. The number of halogens is 1. The lowest BCUT2D eigenvalue weighted by Crippen LogP contribution is -2.72. The van der Waals surface area contributed by atoms with Crippen molar-refractivity contribution >= 4 is 17.8 Å². The Morgan fingerprint density at radius 1 is 0.745 bits per heavy atom. The molecule has 11 rings (SSSR count). The quantitative estimate of drug-likeness (QED) is 0.166. The van der Waals surface area contributed by atoms with Crippen molar-refractivity contribution in [1.29, 1.82) is 0 Å². The second kappa shape index (κ2) is 12.5. The van der Waals surface area contributed by atoms with Crippen molar-refractivity contribution in [1.82, 2.24) is 0 Å². The van der Waals surface area contributed by atoms with Gasteiger partial charge in [0.1, 0.15) is 18.0 Å². The zero-order chi connectivity index (χ0) is 35.5. The van der Waals surface area contributed by atoms with Gasteiger partial charge in [-0.15, -0.1) is 0 Å². The predicted molar refractivity (Wildman–Crippen MR) is 181 cm³/mol. The molecule has 8 aliphatic heterocycles. The van der Waals surface area contributed by atoms with Crippen molar-refractivity contribution in [3.8, 4) is 5.75 Å². The van der Waals surface area contributed by atoms with Gasteiger partial charge in [0.05, 0.1) is 6.10 Å². The summed E-state index contributed by atoms with van der Waals surface area (Å²) in [6.45, 7) is 12.9. The van der Waals surface area contributed by atoms with E-state index in [1.807, 2.05) is 13.8 Å². The van der Waals surface area contributed by atoms with E-state index in [9.17, 15) is 4.79 Å². The molecule has 1 aromatic carbocycles. The van der Waals surface area contributed by atoms with Crippen molar-refractivity contribution in [3.05, 3.63) is 29.3 Å². The van der Waals surface area contributed by atoms with Crippen LogP contribution in [0.25, 0.3) is 0 Å². The number of hydrogen-bond acceptors (Lipinski definition) is 11. The summed E-state index contributed by atoms with van der Waals surface area (Å²) < 4.78 is 39.5. The van der Waals surface area contributed by atoms with Crippen LogP contribution >= 0.6 is 11.6 Å². The standard InChI is InChI=1S/C39H53ClO11/c1-20-7-13-28-22(3)30(43-33-38(28)26(20)15-17-36(5,46-33)48-50-38)19-31(44-35(41)42-25-11-9-24(40)10-12-25)32-23(4)29-14-8-21(2)27-16-18-37(6)47-34(45-32)39(27,29)51-49-37/h9-12,20-23,26-34H,7-8,13-19H2,1-6H3/t20-,21-,22-,23-,26+,27+,28+,29+,30-,31+,32+,33-,34-,36+,37+,38-,39-/m1/s1. The largest absolute Gasteiger partial charge is 0.514 e. The number of hydrogen-bond donors (Lipinski definition) is 0. The molecule has 0 radical (unpaired) electrons. The first kappa shape index (κ1) is 35.2. The molecule has 0 N–H and O–H groups in total. The molecule has 8 saturated heterocycles. The Morgan fingerprint density at radius 3 is 1.88 bits per heavy atom. The molecule has 0 aromatic heterocycles. The molecule has 11 nitrogen and oxygen atoms in total. The highest BCUT2D eigenvalue weighted by molar-refractivity contribution is 6.30. The Kier molecular flexibility index (Phi) is 8.62. The third-order valence-corrected chi connectivity index (χ3v) is 14.8. The highest BCUT2D eigenvalue weighted by Gasteiger charge is 2.72. The maximum absolute atomic E-state index is 13.7. The van der Waals surface area contributed by atoms with E-state index in [4.69, 9.17) is 59.6 Å². The molecule has 0 amide bonds. The molecule has 2 aliphatic carbocycles. The van der Waals surface area contributed by atoms with Gasteiger partial charge in [-0.05, 0) is 112 Å². The molecular formula is C39H53ClO11. The van der Waals surface area contributed by atoms with E-state index in [1.165, 1.54) is 0 Å². The van der Waals surface area contributed by atoms with Crippen molar-refractivity contribution in [2.45, 2.75) is 153 Å². The normalized spacial score (nSPS) is 51.7. The van der Waals surface area contributed by atoms with Crippen LogP contribution in [0, 0.1) is 47.3 Å². The van der Waals surface area contributed by atoms with Crippen LogP contribution in [0.1, 0.15) is 99.3 Å². The maximum Gasteiger partial charge on any atom is 0.514 e. The minimum Gasteiger partial charge on any atom is -0.428 e. The summed E-state index contributed by atoms with van der Waals surface area (Å²) in [6.07, 6.45) is 4.06. The molecule has 1 aromatic rings. The van der Waals surface area contributed by atoms with E-state index in [1.54, 1.807) is 24.3 Å².